The summed E-state index contributed by atoms with van der Waals surface area (Å²) in [4.78, 5) is 50.7. The number of nitrogens with zero attached hydrogens (tertiary/aromatic N) is 3. The standard InChI is InChI=1S/C37H46N6O5S/c1-4-26(2)34(42-36(46)43(3)23-29-17-11-12-18-39-29)35(45)40-30(19-27-13-7-5-8-14-27)21-33(44)32(20-28-15-9-6-10-16-28)41-37(47)48-24-31-22-38-25-49-31/h5-18,22,25-26,30,32-34,44H,4,19-21,23-24H2,1-3H3,(H,40,45)(H,41,47)(H,42,46)/t26-,30-,32-,33-,34-/m0/s1. The molecule has 5 atom stereocenters. The van der Waals surface area contributed by atoms with Crippen molar-refractivity contribution in [1.82, 2.24) is 30.8 Å². The first-order valence-electron chi connectivity index (χ1n) is 16.5. The summed E-state index contributed by atoms with van der Waals surface area (Å²) in [6.45, 7) is 4.24. The molecule has 0 aliphatic carbocycles. The van der Waals surface area contributed by atoms with E-state index in [1.54, 1.807) is 25.0 Å². The van der Waals surface area contributed by atoms with Crippen LogP contribution in [0.15, 0.2) is 96.8 Å². The van der Waals surface area contributed by atoms with Gasteiger partial charge in [0.1, 0.15) is 12.6 Å². The van der Waals surface area contributed by atoms with Crippen LogP contribution in [0.4, 0.5) is 9.59 Å². The summed E-state index contributed by atoms with van der Waals surface area (Å²) < 4.78 is 5.43. The first-order valence-corrected chi connectivity index (χ1v) is 17.4. The van der Waals surface area contributed by atoms with Crippen molar-refractivity contribution < 1.29 is 24.2 Å². The number of aliphatic hydroxyl groups excluding tert-OH is 1. The Morgan fingerprint density at radius 2 is 1.59 bits per heavy atom. The molecular weight excluding hydrogens is 641 g/mol. The summed E-state index contributed by atoms with van der Waals surface area (Å²) in [6.07, 6.45) is 3.16. The Balaban J connectivity index is 1.49. The number of carbonyl (C=O) groups excluding carboxylic acids is 3. The van der Waals surface area contributed by atoms with Gasteiger partial charge in [0.25, 0.3) is 0 Å². The zero-order valence-electron chi connectivity index (χ0n) is 28.2. The fraction of sp³-hybridized carbons (Fsp3) is 0.378. The third-order valence-corrected chi connectivity index (χ3v) is 9.09. The van der Waals surface area contributed by atoms with Gasteiger partial charge in [0.05, 0.1) is 34.8 Å². The van der Waals surface area contributed by atoms with E-state index in [9.17, 15) is 19.5 Å². The highest BCUT2D eigenvalue weighted by molar-refractivity contribution is 7.09. The lowest BCUT2D eigenvalue weighted by Gasteiger charge is -2.31. The molecule has 0 aliphatic heterocycles. The predicted molar refractivity (Wildman–Crippen MR) is 190 cm³/mol. The monoisotopic (exact) mass is 686 g/mol. The van der Waals surface area contributed by atoms with Gasteiger partial charge in [0.15, 0.2) is 0 Å². The Kier molecular flexibility index (Phi) is 14.5. The van der Waals surface area contributed by atoms with E-state index in [4.69, 9.17) is 4.74 Å². The lowest BCUT2D eigenvalue weighted by molar-refractivity contribution is -0.125. The maximum absolute atomic E-state index is 13.9. The molecule has 2 heterocycles. The summed E-state index contributed by atoms with van der Waals surface area (Å²) in [5, 5.41) is 20.6. The van der Waals surface area contributed by atoms with Crippen LogP contribution in [0.5, 0.6) is 0 Å². The van der Waals surface area contributed by atoms with Gasteiger partial charge in [0.2, 0.25) is 5.91 Å². The van der Waals surface area contributed by atoms with E-state index >= 15 is 0 Å². The number of aromatic nitrogens is 2. The van der Waals surface area contributed by atoms with E-state index in [-0.39, 0.29) is 31.4 Å². The number of nitrogens with one attached hydrogen (secondary N) is 3. The molecular formula is C37H46N6O5S. The number of carbonyl (C=O) groups is 3. The summed E-state index contributed by atoms with van der Waals surface area (Å²) in [5.74, 6) is -0.520. The molecule has 12 heteroatoms. The number of ether oxygens (including phenoxy) is 1. The van der Waals surface area contributed by atoms with Crippen LogP contribution in [0.25, 0.3) is 0 Å². The van der Waals surface area contributed by atoms with Crippen molar-refractivity contribution in [3.05, 3.63) is 118 Å². The lowest BCUT2D eigenvalue weighted by atomic mass is 9.92. The van der Waals surface area contributed by atoms with Crippen LogP contribution in [0.2, 0.25) is 0 Å². The molecule has 0 spiro atoms. The minimum atomic E-state index is -1.05. The van der Waals surface area contributed by atoms with E-state index < -0.39 is 36.4 Å². The van der Waals surface area contributed by atoms with E-state index in [1.807, 2.05) is 92.7 Å². The molecule has 2 aromatic carbocycles. The molecule has 0 fully saturated rings. The number of aliphatic hydroxyl groups is 1. The van der Waals surface area contributed by atoms with E-state index in [1.165, 1.54) is 16.2 Å². The average Bonchev–Trinajstić information content (AvgIpc) is 3.64. The van der Waals surface area contributed by atoms with Gasteiger partial charge in [-0.25, -0.2) is 9.59 Å². The molecule has 0 saturated carbocycles. The van der Waals surface area contributed by atoms with E-state index in [0.29, 0.717) is 19.3 Å². The molecule has 11 nitrogen and oxygen atoms in total. The second-order valence-electron chi connectivity index (χ2n) is 12.2. The highest BCUT2D eigenvalue weighted by Gasteiger charge is 2.31. The second kappa shape index (κ2) is 19.3. The fourth-order valence-electron chi connectivity index (χ4n) is 5.38. The molecule has 0 aliphatic rings. The van der Waals surface area contributed by atoms with Gasteiger partial charge >= 0.3 is 12.1 Å². The van der Waals surface area contributed by atoms with Gasteiger partial charge in [-0.15, -0.1) is 11.3 Å². The third-order valence-electron chi connectivity index (χ3n) is 8.34. The normalized spacial score (nSPS) is 14.0. The molecule has 4 rings (SSSR count). The van der Waals surface area contributed by atoms with Crippen LogP contribution in [0, 0.1) is 5.92 Å². The van der Waals surface area contributed by atoms with Crippen LogP contribution in [0.1, 0.15) is 48.4 Å². The predicted octanol–water partition coefficient (Wildman–Crippen LogP) is 5.11. The second-order valence-corrected chi connectivity index (χ2v) is 13.1. The Morgan fingerprint density at radius 3 is 2.20 bits per heavy atom. The van der Waals surface area contributed by atoms with Gasteiger partial charge in [0, 0.05) is 25.5 Å². The van der Waals surface area contributed by atoms with Crippen molar-refractivity contribution >= 4 is 29.4 Å². The van der Waals surface area contributed by atoms with Gasteiger partial charge in [-0.2, -0.15) is 0 Å². The van der Waals surface area contributed by atoms with Crippen molar-refractivity contribution in [2.24, 2.45) is 5.92 Å². The van der Waals surface area contributed by atoms with Crippen molar-refractivity contribution in [3.8, 4) is 0 Å². The molecule has 0 bridgehead atoms. The van der Waals surface area contributed by atoms with Crippen molar-refractivity contribution in [1.29, 1.82) is 0 Å². The fourth-order valence-corrected chi connectivity index (χ4v) is 5.89. The third kappa shape index (κ3) is 12.3. The van der Waals surface area contributed by atoms with E-state index in [2.05, 4.69) is 25.9 Å². The number of rotatable bonds is 17. The van der Waals surface area contributed by atoms with Gasteiger partial charge in [-0.3, -0.25) is 14.8 Å². The molecule has 0 radical (unpaired) electrons. The largest absolute Gasteiger partial charge is 0.444 e. The average molecular weight is 687 g/mol. The summed E-state index contributed by atoms with van der Waals surface area (Å²) >= 11 is 1.38. The quantitative estimate of drug-likeness (QED) is 0.121. The van der Waals surface area contributed by atoms with Gasteiger partial charge in [-0.1, -0.05) is 87.0 Å². The van der Waals surface area contributed by atoms with Crippen molar-refractivity contribution in [3.63, 3.8) is 0 Å². The Morgan fingerprint density at radius 1 is 0.918 bits per heavy atom. The molecule has 4 aromatic rings. The summed E-state index contributed by atoms with van der Waals surface area (Å²) in [6, 6.07) is 22.3. The Hall–Kier alpha value is -4.81. The van der Waals surface area contributed by atoms with Crippen LogP contribution in [-0.2, 0) is 35.5 Å². The van der Waals surface area contributed by atoms with Crippen LogP contribution < -0.4 is 16.0 Å². The van der Waals surface area contributed by atoms with Crippen LogP contribution in [-0.4, -0.2) is 69.3 Å². The smallest absolute Gasteiger partial charge is 0.407 e. The van der Waals surface area contributed by atoms with E-state index in [0.717, 1.165) is 21.7 Å². The highest BCUT2D eigenvalue weighted by atomic mass is 32.1. The van der Waals surface area contributed by atoms with Crippen molar-refractivity contribution in [2.45, 2.75) is 76.9 Å². The number of thiazole rings is 1. The first-order chi connectivity index (χ1) is 23.7. The number of pyridine rings is 1. The summed E-state index contributed by atoms with van der Waals surface area (Å²) in [5.41, 5.74) is 4.29. The molecule has 4 N–H and O–H groups in total. The highest BCUT2D eigenvalue weighted by Crippen LogP contribution is 2.17. The Bertz CT molecular complexity index is 1560. The minimum Gasteiger partial charge on any atom is -0.444 e. The number of hydrogen-bond acceptors (Lipinski definition) is 8. The SMILES string of the molecule is CC[C@H](C)[C@H](NC(=O)N(C)Cc1ccccn1)C(=O)N[C@@H](Cc1ccccc1)C[C@H](O)[C@H](Cc1ccccc1)NC(=O)OCc1cncs1. The Labute approximate surface area is 292 Å². The number of hydrogen-bond donors (Lipinski definition) is 4. The molecule has 4 amide bonds. The number of urea groups is 1. The van der Waals surface area contributed by atoms with Crippen LogP contribution in [0.3, 0.4) is 0 Å². The molecule has 2 aromatic heterocycles. The molecule has 260 valence electrons. The maximum Gasteiger partial charge on any atom is 0.407 e. The van der Waals surface area contributed by atoms with Gasteiger partial charge < -0.3 is 30.7 Å². The number of benzene rings is 2. The number of amides is 4. The minimum absolute atomic E-state index is 0.0666. The summed E-state index contributed by atoms with van der Waals surface area (Å²) in [7, 11) is 1.66. The zero-order chi connectivity index (χ0) is 35.0. The first kappa shape index (κ1) is 37.0. The van der Waals surface area contributed by atoms with Crippen molar-refractivity contribution in [2.75, 3.05) is 7.05 Å². The zero-order valence-corrected chi connectivity index (χ0v) is 29.0. The van der Waals surface area contributed by atoms with Gasteiger partial charge in [-0.05, 0) is 48.4 Å². The number of alkyl carbamates (subject to hydrolysis) is 1. The molecule has 0 saturated heterocycles. The van der Waals surface area contributed by atoms with Crippen LogP contribution >= 0.6 is 11.3 Å². The maximum atomic E-state index is 13.9. The lowest BCUT2D eigenvalue weighted by Crippen LogP contribution is -2.56. The molecule has 49 heavy (non-hydrogen) atoms. The molecule has 0 unspecified atom stereocenters. The topological polar surface area (TPSA) is 146 Å².